The largest absolute Gasteiger partial charge is 0.497 e. The monoisotopic (exact) mass is 494 g/mol. The second-order valence-electron chi connectivity index (χ2n) is 8.31. The highest BCUT2D eigenvalue weighted by Crippen LogP contribution is 2.34. The molecule has 1 aliphatic rings. The van der Waals surface area contributed by atoms with Crippen LogP contribution in [0.5, 0.6) is 11.5 Å². The van der Waals surface area contributed by atoms with Crippen LogP contribution in [0, 0.1) is 6.92 Å². The molecule has 4 rings (SSSR count). The SMILES string of the molecule is CCn1c(S/C(=C/c2ccc(N3CCCC3)c(C)c2)C(=O)O)nnc1-c1cc(OC)cc(OC)c1. The second kappa shape index (κ2) is 10.9. The zero-order chi connectivity index (χ0) is 24.9. The zero-order valence-corrected chi connectivity index (χ0v) is 21.3. The Morgan fingerprint density at radius 3 is 2.34 bits per heavy atom. The van der Waals surface area contributed by atoms with Crippen molar-refractivity contribution in [3.63, 3.8) is 0 Å². The number of aryl methyl sites for hydroxylation is 1. The van der Waals surface area contributed by atoms with Gasteiger partial charge >= 0.3 is 5.97 Å². The van der Waals surface area contributed by atoms with Gasteiger partial charge < -0.3 is 24.0 Å². The van der Waals surface area contributed by atoms with E-state index in [-0.39, 0.29) is 4.91 Å². The fourth-order valence-electron chi connectivity index (χ4n) is 4.27. The van der Waals surface area contributed by atoms with E-state index in [9.17, 15) is 9.90 Å². The van der Waals surface area contributed by atoms with Crippen LogP contribution in [0.15, 0.2) is 46.5 Å². The molecule has 0 atom stereocenters. The van der Waals surface area contributed by atoms with E-state index in [0.29, 0.717) is 29.0 Å². The lowest BCUT2D eigenvalue weighted by molar-refractivity contribution is -0.131. The summed E-state index contributed by atoms with van der Waals surface area (Å²) in [5.41, 5.74) is 3.97. The quantitative estimate of drug-likeness (QED) is 0.324. The first-order valence-electron chi connectivity index (χ1n) is 11.6. The average Bonchev–Trinajstić information content (AvgIpc) is 3.53. The summed E-state index contributed by atoms with van der Waals surface area (Å²) in [5.74, 6) is 0.880. The van der Waals surface area contributed by atoms with E-state index in [0.717, 1.165) is 41.5 Å². The molecular formula is C26H30N4O4S. The molecule has 2 aromatic carbocycles. The molecule has 1 saturated heterocycles. The molecule has 1 fully saturated rings. The van der Waals surface area contributed by atoms with Gasteiger partial charge in [0, 0.05) is 37.0 Å². The summed E-state index contributed by atoms with van der Waals surface area (Å²) in [7, 11) is 3.18. The Hall–Kier alpha value is -3.46. The number of aromatic nitrogens is 3. The molecular weight excluding hydrogens is 464 g/mol. The summed E-state index contributed by atoms with van der Waals surface area (Å²) in [6.45, 7) is 6.75. The van der Waals surface area contributed by atoms with Crippen molar-refractivity contribution in [2.45, 2.75) is 38.4 Å². The number of carboxylic acid groups (broad SMARTS) is 1. The fourth-order valence-corrected chi connectivity index (χ4v) is 5.15. The summed E-state index contributed by atoms with van der Waals surface area (Å²) in [5, 5.41) is 19.1. The van der Waals surface area contributed by atoms with Gasteiger partial charge in [-0.2, -0.15) is 0 Å². The number of methoxy groups -OCH3 is 2. The van der Waals surface area contributed by atoms with Gasteiger partial charge in [-0.3, -0.25) is 0 Å². The van der Waals surface area contributed by atoms with Crippen LogP contribution >= 0.6 is 11.8 Å². The Morgan fingerprint density at radius 1 is 1.09 bits per heavy atom. The highest BCUT2D eigenvalue weighted by Gasteiger charge is 2.20. The van der Waals surface area contributed by atoms with Crippen molar-refractivity contribution in [1.29, 1.82) is 0 Å². The minimum atomic E-state index is -1.01. The van der Waals surface area contributed by atoms with Gasteiger partial charge in [0.15, 0.2) is 11.0 Å². The Balaban J connectivity index is 1.64. The van der Waals surface area contributed by atoms with Gasteiger partial charge in [-0.1, -0.05) is 6.07 Å². The Bertz CT molecular complexity index is 1230. The van der Waals surface area contributed by atoms with Gasteiger partial charge in [-0.15, -0.1) is 10.2 Å². The molecule has 9 heteroatoms. The van der Waals surface area contributed by atoms with Gasteiger partial charge in [0.05, 0.1) is 14.2 Å². The summed E-state index contributed by atoms with van der Waals surface area (Å²) in [6, 6.07) is 11.6. The molecule has 2 heterocycles. The molecule has 0 bridgehead atoms. The van der Waals surface area contributed by atoms with Crippen LogP contribution < -0.4 is 14.4 Å². The van der Waals surface area contributed by atoms with Crippen LogP contribution in [0.25, 0.3) is 17.5 Å². The maximum atomic E-state index is 12.1. The third-order valence-electron chi connectivity index (χ3n) is 6.02. The molecule has 0 aliphatic carbocycles. The molecule has 184 valence electrons. The van der Waals surface area contributed by atoms with Crippen molar-refractivity contribution in [1.82, 2.24) is 14.8 Å². The smallest absolute Gasteiger partial charge is 0.342 e. The summed E-state index contributed by atoms with van der Waals surface area (Å²) < 4.78 is 12.6. The highest BCUT2D eigenvalue weighted by molar-refractivity contribution is 8.04. The predicted octanol–water partition coefficient (Wildman–Crippen LogP) is 5.11. The minimum Gasteiger partial charge on any atom is -0.497 e. The van der Waals surface area contributed by atoms with E-state index in [1.165, 1.54) is 18.5 Å². The van der Waals surface area contributed by atoms with E-state index in [4.69, 9.17) is 9.47 Å². The summed E-state index contributed by atoms with van der Waals surface area (Å²) in [4.78, 5) is 14.7. The van der Waals surface area contributed by atoms with Crippen molar-refractivity contribution in [3.05, 3.63) is 52.4 Å². The molecule has 8 nitrogen and oxygen atoms in total. The molecule has 1 aromatic heterocycles. The number of ether oxygens (including phenoxy) is 2. The van der Waals surface area contributed by atoms with E-state index in [2.05, 4.69) is 28.1 Å². The van der Waals surface area contributed by atoms with E-state index < -0.39 is 5.97 Å². The molecule has 0 radical (unpaired) electrons. The molecule has 0 saturated carbocycles. The number of nitrogens with zero attached hydrogens (tertiary/aromatic N) is 4. The minimum absolute atomic E-state index is 0.176. The molecule has 0 unspecified atom stereocenters. The second-order valence-corrected chi connectivity index (χ2v) is 9.32. The molecule has 0 spiro atoms. The van der Waals surface area contributed by atoms with Crippen molar-refractivity contribution >= 4 is 29.5 Å². The number of carboxylic acids is 1. The number of hydrogen-bond donors (Lipinski definition) is 1. The highest BCUT2D eigenvalue weighted by atomic mass is 32.2. The van der Waals surface area contributed by atoms with Gasteiger partial charge in [-0.05, 0) is 79.9 Å². The summed E-state index contributed by atoms with van der Waals surface area (Å²) >= 11 is 1.09. The van der Waals surface area contributed by atoms with Crippen molar-refractivity contribution in [2.24, 2.45) is 0 Å². The molecule has 1 aliphatic heterocycles. The number of benzene rings is 2. The van der Waals surface area contributed by atoms with Crippen LogP contribution in [0.4, 0.5) is 5.69 Å². The van der Waals surface area contributed by atoms with Gasteiger partial charge in [-0.25, -0.2) is 4.79 Å². The summed E-state index contributed by atoms with van der Waals surface area (Å²) in [6.07, 6.45) is 4.11. The topological polar surface area (TPSA) is 89.7 Å². The fraction of sp³-hybridized carbons (Fsp3) is 0.346. The van der Waals surface area contributed by atoms with Gasteiger partial charge in [0.25, 0.3) is 0 Å². The number of rotatable bonds is 9. The zero-order valence-electron chi connectivity index (χ0n) is 20.4. The lowest BCUT2D eigenvalue weighted by atomic mass is 10.1. The number of aliphatic carboxylic acids is 1. The standard InChI is InChI=1S/C26H30N4O4S/c1-5-30-24(19-14-20(33-3)16-21(15-19)34-4)27-28-26(30)35-23(25(31)32)13-18-8-9-22(17(2)12-18)29-10-6-7-11-29/h8-9,12-16H,5-7,10-11H2,1-4H3,(H,31,32)/b23-13+. The molecule has 1 N–H and O–H groups in total. The van der Waals surface area contributed by atoms with E-state index in [1.807, 2.05) is 35.8 Å². The van der Waals surface area contributed by atoms with Crippen molar-refractivity contribution < 1.29 is 19.4 Å². The molecule has 35 heavy (non-hydrogen) atoms. The van der Waals surface area contributed by atoms with Crippen LogP contribution in [0.3, 0.4) is 0 Å². The van der Waals surface area contributed by atoms with Gasteiger partial charge in [0.2, 0.25) is 0 Å². The van der Waals surface area contributed by atoms with Crippen LogP contribution in [0.1, 0.15) is 30.9 Å². The first-order valence-corrected chi connectivity index (χ1v) is 12.4. The molecule has 3 aromatic rings. The number of carbonyl (C=O) groups is 1. The lowest BCUT2D eigenvalue weighted by Crippen LogP contribution is -2.18. The first-order chi connectivity index (χ1) is 16.9. The Morgan fingerprint density at radius 2 is 1.77 bits per heavy atom. The normalized spacial score (nSPS) is 13.8. The lowest BCUT2D eigenvalue weighted by Gasteiger charge is -2.20. The Labute approximate surface area is 209 Å². The van der Waals surface area contributed by atoms with Crippen molar-refractivity contribution in [3.8, 4) is 22.9 Å². The van der Waals surface area contributed by atoms with Gasteiger partial charge in [0.1, 0.15) is 16.4 Å². The maximum absolute atomic E-state index is 12.1. The Kier molecular flexibility index (Phi) is 7.65. The van der Waals surface area contributed by atoms with Crippen LogP contribution in [-0.4, -0.2) is 53.1 Å². The maximum Gasteiger partial charge on any atom is 0.342 e. The number of anilines is 1. The van der Waals surface area contributed by atoms with E-state index >= 15 is 0 Å². The number of hydrogen-bond acceptors (Lipinski definition) is 7. The van der Waals surface area contributed by atoms with Crippen LogP contribution in [0.2, 0.25) is 0 Å². The van der Waals surface area contributed by atoms with E-state index in [1.54, 1.807) is 26.4 Å². The third-order valence-corrected chi connectivity index (χ3v) is 7.02. The predicted molar refractivity (Wildman–Crippen MR) is 138 cm³/mol. The van der Waals surface area contributed by atoms with Crippen LogP contribution in [-0.2, 0) is 11.3 Å². The average molecular weight is 495 g/mol. The molecule has 0 amide bonds. The van der Waals surface area contributed by atoms with Crippen molar-refractivity contribution in [2.75, 3.05) is 32.2 Å². The number of thioether (sulfide) groups is 1. The first kappa shape index (κ1) is 24.7. The third kappa shape index (κ3) is 5.45.